The van der Waals surface area contributed by atoms with E-state index in [0.717, 1.165) is 6.92 Å². The molecular weight excluding hydrogens is 302 g/mol. The van der Waals surface area contributed by atoms with Gasteiger partial charge in [-0.3, -0.25) is 4.79 Å². The number of carboxylic acid groups (broad SMARTS) is 1. The maximum absolute atomic E-state index is 11.2. The van der Waals surface area contributed by atoms with Gasteiger partial charge in [-0.05, 0) is 0 Å². The number of rotatable bonds is 6. The molecule has 0 aliphatic carbocycles. The molecule has 6 N–H and O–H groups in total. The molecule has 0 radical (unpaired) electrons. The first-order chi connectivity index (χ1) is 10.1. The summed E-state index contributed by atoms with van der Waals surface area (Å²) < 4.78 is 9.63. The van der Waals surface area contributed by atoms with Crippen molar-refractivity contribution in [3.63, 3.8) is 0 Å². The highest BCUT2D eigenvalue weighted by Gasteiger charge is 2.53. The summed E-state index contributed by atoms with van der Waals surface area (Å²) in [5, 5.41) is 51.0. The molecule has 10 heteroatoms. The number of carbonyl (C=O) groups is 2. The first-order valence-corrected chi connectivity index (χ1v) is 6.56. The molecule has 0 aromatic carbocycles. The molecule has 22 heavy (non-hydrogen) atoms. The number of aliphatic hydroxyl groups is 4. The Morgan fingerprint density at radius 3 is 2.50 bits per heavy atom. The summed E-state index contributed by atoms with van der Waals surface area (Å²) in [7, 11) is 1.27. The molecule has 0 aromatic rings. The van der Waals surface area contributed by atoms with Crippen LogP contribution in [0, 0.1) is 0 Å². The second-order valence-electron chi connectivity index (χ2n) is 5.18. The van der Waals surface area contributed by atoms with Crippen molar-refractivity contribution in [2.24, 2.45) is 0 Å². The maximum atomic E-state index is 11.2. The first kappa shape index (κ1) is 18.7. The van der Waals surface area contributed by atoms with Gasteiger partial charge in [0.15, 0.2) is 0 Å². The molecule has 1 heterocycles. The van der Waals surface area contributed by atoms with Gasteiger partial charge >= 0.3 is 5.97 Å². The van der Waals surface area contributed by atoms with Crippen LogP contribution >= 0.6 is 0 Å². The fourth-order valence-electron chi connectivity index (χ4n) is 2.30. The van der Waals surface area contributed by atoms with Crippen molar-refractivity contribution >= 4 is 11.9 Å². The van der Waals surface area contributed by atoms with Gasteiger partial charge in [0.2, 0.25) is 5.91 Å². The third-order valence-electron chi connectivity index (χ3n) is 3.36. The minimum Gasteiger partial charge on any atom is -0.477 e. The Morgan fingerprint density at radius 1 is 1.45 bits per heavy atom. The highest BCUT2D eigenvalue weighted by Crippen LogP contribution is 2.30. The van der Waals surface area contributed by atoms with Gasteiger partial charge in [-0.1, -0.05) is 0 Å². The van der Waals surface area contributed by atoms with Crippen LogP contribution in [0.15, 0.2) is 0 Å². The van der Waals surface area contributed by atoms with E-state index in [1.165, 1.54) is 7.11 Å². The van der Waals surface area contributed by atoms with Crippen LogP contribution in [0.1, 0.15) is 13.3 Å². The van der Waals surface area contributed by atoms with Crippen LogP contribution in [0.2, 0.25) is 0 Å². The molecule has 1 fully saturated rings. The van der Waals surface area contributed by atoms with Gasteiger partial charge < -0.3 is 40.3 Å². The molecule has 6 atom stereocenters. The Morgan fingerprint density at radius 2 is 2.05 bits per heavy atom. The van der Waals surface area contributed by atoms with Crippen molar-refractivity contribution in [2.75, 3.05) is 13.7 Å². The third kappa shape index (κ3) is 4.12. The van der Waals surface area contributed by atoms with E-state index in [0.29, 0.717) is 0 Å². The summed E-state index contributed by atoms with van der Waals surface area (Å²) >= 11 is 0. The molecule has 1 amide bonds. The summed E-state index contributed by atoms with van der Waals surface area (Å²) in [5.41, 5.74) is 0. The minimum atomic E-state index is -2.74. The molecule has 1 aliphatic rings. The largest absolute Gasteiger partial charge is 0.477 e. The molecule has 1 aliphatic heterocycles. The number of methoxy groups -OCH3 is 1. The lowest BCUT2D eigenvalue weighted by atomic mass is 9.88. The molecule has 0 aromatic heterocycles. The average Bonchev–Trinajstić information content (AvgIpc) is 2.40. The monoisotopic (exact) mass is 323 g/mol. The van der Waals surface area contributed by atoms with Crippen LogP contribution in [0.4, 0.5) is 0 Å². The second-order valence-corrected chi connectivity index (χ2v) is 5.18. The number of ether oxygens (including phenoxy) is 2. The van der Waals surface area contributed by atoms with Crippen molar-refractivity contribution in [3.8, 4) is 0 Å². The number of carboxylic acids is 1. The molecule has 0 spiro atoms. The molecule has 0 saturated carbocycles. The number of aliphatic carboxylic acids is 1. The summed E-state index contributed by atoms with van der Waals surface area (Å²) in [6, 6.07) is -1.21. The lowest BCUT2D eigenvalue weighted by molar-refractivity contribution is -0.295. The summed E-state index contributed by atoms with van der Waals surface area (Å²) in [6.45, 7) is 0.856. The van der Waals surface area contributed by atoms with E-state index in [1.54, 1.807) is 0 Å². The van der Waals surface area contributed by atoms with E-state index >= 15 is 0 Å². The molecule has 128 valence electrons. The Hall–Kier alpha value is -1.30. The quantitative estimate of drug-likeness (QED) is 0.295. The van der Waals surface area contributed by atoms with Crippen molar-refractivity contribution in [1.29, 1.82) is 0 Å². The van der Waals surface area contributed by atoms with Crippen molar-refractivity contribution in [1.82, 2.24) is 5.32 Å². The highest BCUT2D eigenvalue weighted by atomic mass is 16.7. The molecule has 1 rings (SSSR count). The number of hydrogen-bond acceptors (Lipinski definition) is 8. The smallest absolute Gasteiger partial charge is 0.364 e. The Labute approximate surface area is 126 Å². The van der Waals surface area contributed by atoms with Crippen LogP contribution in [-0.2, 0) is 19.1 Å². The first-order valence-electron chi connectivity index (χ1n) is 6.56. The van der Waals surface area contributed by atoms with Crippen LogP contribution in [0.3, 0.4) is 0 Å². The summed E-state index contributed by atoms with van der Waals surface area (Å²) in [5.74, 6) is -5.06. The van der Waals surface area contributed by atoms with E-state index < -0.39 is 54.5 Å². The molecule has 0 bridgehead atoms. The van der Waals surface area contributed by atoms with Gasteiger partial charge in [-0.2, -0.15) is 0 Å². The highest BCUT2D eigenvalue weighted by molar-refractivity contribution is 5.76. The lowest BCUT2D eigenvalue weighted by Crippen LogP contribution is -2.67. The Bertz CT molecular complexity index is 417. The normalized spacial score (nSPS) is 34.7. The summed E-state index contributed by atoms with van der Waals surface area (Å²) in [6.07, 6.45) is -6.96. The van der Waals surface area contributed by atoms with Gasteiger partial charge in [-0.15, -0.1) is 0 Å². The van der Waals surface area contributed by atoms with E-state index in [9.17, 15) is 30.0 Å². The van der Waals surface area contributed by atoms with Crippen molar-refractivity contribution < 1.29 is 44.6 Å². The van der Waals surface area contributed by atoms with Crippen LogP contribution in [-0.4, -0.2) is 87.4 Å². The third-order valence-corrected chi connectivity index (χ3v) is 3.36. The zero-order chi connectivity index (χ0) is 17.1. The van der Waals surface area contributed by atoms with Gasteiger partial charge in [0, 0.05) is 20.5 Å². The van der Waals surface area contributed by atoms with Crippen molar-refractivity contribution in [3.05, 3.63) is 0 Å². The topological polar surface area (TPSA) is 166 Å². The fraction of sp³-hybridized carbons (Fsp3) is 0.833. The predicted molar refractivity (Wildman–Crippen MR) is 69.6 cm³/mol. The zero-order valence-electron chi connectivity index (χ0n) is 12.2. The van der Waals surface area contributed by atoms with Gasteiger partial charge in [-0.25, -0.2) is 4.79 Å². The summed E-state index contributed by atoms with van der Waals surface area (Å²) in [4.78, 5) is 22.3. The number of aliphatic hydroxyl groups excluding tert-OH is 3. The Balaban J connectivity index is 3.05. The number of nitrogens with one attached hydrogen (secondary N) is 1. The van der Waals surface area contributed by atoms with Gasteiger partial charge in [0.25, 0.3) is 5.79 Å². The minimum absolute atomic E-state index is 0.296. The average molecular weight is 323 g/mol. The van der Waals surface area contributed by atoms with Crippen LogP contribution in [0.5, 0.6) is 0 Å². The van der Waals surface area contributed by atoms with Gasteiger partial charge in [0.05, 0.1) is 18.8 Å². The number of amides is 1. The second kappa shape index (κ2) is 7.31. The molecular formula is C12H21NO9. The lowest BCUT2D eigenvalue weighted by Gasteiger charge is -2.44. The molecule has 3 unspecified atom stereocenters. The SMILES string of the molecule is COCC(O)C(O)C1O[C@](O)(C(=O)O)C[C@@H](O)[C@H]1NC(C)=O. The van der Waals surface area contributed by atoms with Crippen molar-refractivity contribution in [2.45, 2.75) is 49.6 Å². The van der Waals surface area contributed by atoms with E-state index in [4.69, 9.17) is 9.84 Å². The fourth-order valence-corrected chi connectivity index (χ4v) is 2.30. The number of hydrogen-bond donors (Lipinski definition) is 6. The predicted octanol–water partition coefficient (Wildman–Crippen LogP) is -3.22. The maximum Gasteiger partial charge on any atom is 0.364 e. The van der Waals surface area contributed by atoms with Gasteiger partial charge in [0.1, 0.15) is 18.3 Å². The Kier molecular flexibility index (Phi) is 6.23. The van der Waals surface area contributed by atoms with E-state index in [1.807, 2.05) is 0 Å². The molecule has 10 nitrogen and oxygen atoms in total. The van der Waals surface area contributed by atoms with E-state index in [2.05, 4.69) is 10.1 Å². The number of carbonyl (C=O) groups excluding carboxylic acids is 1. The zero-order valence-corrected chi connectivity index (χ0v) is 12.2. The van der Waals surface area contributed by atoms with Crippen LogP contribution in [0.25, 0.3) is 0 Å². The molecule has 1 saturated heterocycles. The standard InChI is InChI=1S/C12H21NO9/c1-5(14)13-8-6(15)3-12(20,11(18)19)22-10(8)9(17)7(16)4-21-2/h6-10,15-17,20H,3-4H2,1-2H3,(H,13,14)(H,18,19)/t6-,7?,8-,9?,10?,12+/m1/s1. The van der Waals surface area contributed by atoms with E-state index in [-0.39, 0.29) is 6.61 Å². The van der Waals surface area contributed by atoms with Crippen LogP contribution < -0.4 is 5.32 Å².